The molecular weight excluding hydrogens is 156 g/mol. The van der Waals surface area contributed by atoms with Crippen LogP contribution in [-0.4, -0.2) is 44.3 Å². The second kappa shape index (κ2) is 4.98. The maximum absolute atomic E-state index is 8.05. The summed E-state index contributed by atoms with van der Waals surface area (Å²) in [7, 11) is 1.74. The van der Waals surface area contributed by atoms with Crippen LogP contribution in [0.5, 0.6) is 0 Å². The van der Waals surface area contributed by atoms with Gasteiger partial charge in [-0.1, -0.05) is 5.11 Å². The molecule has 0 radical (unpaired) electrons. The van der Waals surface area contributed by atoms with Crippen molar-refractivity contribution in [2.24, 2.45) is 5.11 Å². The van der Waals surface area contributed by atoms with Crippen molar-refractivity contribution < 1.29 is 4.74 Å². The van der Waals surface area contributed by atoms with Crippen LogP contribution in [0.4, 0.5) is 0 Å². The molecule has 0 N–H and O–H groups in total. The smallest absolute Gasteiger partial charge is 0.0710 e. The van der Waals surface area contributed by atoms with E-state index in [1.165, 1.54) is 0 Å². The van der Waals surface area contributed by atoms with Crippen LogP contribution in [-0.2, 0) is 4.74 Å². The van der Waals surface area contributed by atoms with Crippen LogP contribution in [0, 0.1) is 0 Å². The van der Waals surface area contributed by atoms with E-state index in [1.807, 2.05) is 0 Å². The zero-order valence-corrected chi connectivity index (χ0v) is 7.31. The summed E-state index contributed by atoms with van der Waals surface area (Å²) < 4.78 is 5.20. The Bertz CT molecular complexity index is 178. The summed E-state index contributed by atoms with van der Waals surface area (Å²) in [6, 6.07) is 0. The summed E-state index contributed by atoms with van der Waals surface area (Å²) in [6.07, 6.45) is 1.46. The summed E-state index contributed by atoms with van der Waals surface area (Å²) in [6.45, 7) is 3.44. The van der Waals surface area contributed by atoms with Crippen LogP contribution in [0.3, 0.4) is 0 Å². The lowest BCUT2D eigenvalue weighted by atomic mass is 10.3. The predicted molar refractivity (Wildman–Crippen MR) is 45.9 cm³/mol. The lowest BCUT2D eigenvalue weighted by Gasteiger charge is -2.13. The predicted octanol–water partition coefficient (Wildman–Crippen LogP) is 1.02. The number of likely N-dealkylation sites (tertiary alicyclic amines) is 1. The lowest BCUT2D eigenvalue weighted by molar-refractivity contribution is 0.108. The molecule has 1 atom stereocenters. The van der Waals surface area contributed by atoms with E-state index in [1.54, 1.807) is 7.11 Å². The van der Waals surface area contributed by atoms with Gasteiger partial charge < -0.3 is 9.64 Å². The maximum atomic E-state index is 8.05. The van der Waals surface area contributed by atoms with Crippen LogP contribution in [0.2, 0.25) is 0 Å². The zero-order chi connectivity index (χ0) is 8.81. The van der Waals surface area contributed by atoms with E-state index in [0.29, 0.717) is 12.6 Å². The largest absolute Gasteiger partial charge is 0.380 e. The number of methoxy groups -OCH3 is 1. The van der Waals surface area contributed by atoms with Crippen molar-refractivity contribution in [3.8, 4) is 0 Å². The summed E-state index contributed by atoms with van der Waals surface area (Å²) in [5, 5.41) is 3.48. The second-order valence-corrected chi connectivity index (χ2v) is 2.90. The van der Waals surface area contributed by atoms with Crippen molar-refractivity contribution >= 4 is 0 Å². The fourth-order valence-electron chi connectivity index (χ4n) is 1.42. The third-order valence-corrected chi connectivity index (χ3v) is 2.14. The SMILES string of the molecule is COC1CCN(CCN=[N+]=[N-])C1. The average Bonchev–Trinajstić information content (AvgIpc) is 2.53. The molecule has 0 amide bonds. The minimum absolute atomic E-state index is 0.371. The molecule has 0 aromatic carbocycles. The number of rotatable bonds is 4. The van der Waals surface area contributed by atoms with E-state index in [4.69, 9.17) is 10.3 Å². The Morgan fingerprint density at radius 3 is 3.17 bits per heavy atom. The van der Waals surface area contributed by atoms with Crippen molar-refractivity contribution in [2.75, 3.05) is 33.3 Å². The Morgan fingerprint density at radius 2 is 2.58 bits per heavy atom. The third kappa shape index (κ3) is 2.70. The number of azide groups is 1. The fourth-order valence-corrected chi connectivity index (χ4v) is 1.42. The van der Waals surface area contributed by atoms with E-state index < -0.39 is 0 Å². The van der Waals surface area contributed by atoms with E-state index in [2.05, 4.69) is 14.9 Å². The molecule has 12 heavy (non-hydrogen) atoms. The quantitative estimate of drug-likeness (QED) is 0.359. The highest BCUT2D eigenvalue weighted by Gasteiger charge is 2.20. The molecule has 5 heteroatoms. The van der Waals surface area contributed by atoms with Crippen molar-refractivity contribution in [3.05, 3.63) is 10.4 Å². The van der Waals surface area contributed by atoms with Gasteiger partial charge in [0.2, 0.25) is 0 Å². The van der Waals surface area contributed by atoms with Crippen LogP contribution in [0.15, 0.2) is 5.11 Å². The molecule has 68 valence electrons. The Balaban J connectivity index is 2.14. The minimum Gasteiger partial charge on any atom is -0.380 e. The van der Waals surface area contributed by atoms with Gasteiger partial charge in [0.15, 0.2) is 0 Å². The first kappa shape index (κ1) is 9.32. The van der Waals surface area contributed by atoms with Gasteiger partial charge in [-0.2, -0.15) is 0 Å². The molecule has 0 saturated carbocycles. The molecule has 1 fully saturated rings. The summed E-state index contributed by atoms with van der Waals surface area (Å²) in [5.41, 5.74) is 8.05. The highest BCUT2D eigenvalue weighted by atomic mass is 16.5. The van der Waals surface area contributed by atoms with Gasteiger partial charge in [-0.05, 0) is 12.0 Å². The summed E-state index contributed by atoms with van der Waals surface area (Å²) in [5.74, 6) is 0. The van der Waals surface area contributed by atoms with Gasteiger partial charge in [0.25, 0.3) is 0 Å². The first-order valence-electron chi connectivity index (χ1n) is 4.13. The van der Waals surface area contributed by atoms with Crippen LogP contribution >= 0.6 is 0 Å². The highest BCUT2D eigenvalue weighted by Crippen LogP contribution is 2.10. The maximum Gasteiger partial charge on any atom is 0.0710 e. The van der Waals surface area contributed by atoms with E-state index >= 15 is 0 Å². The Hall–Kier alpha value is -0.770. The van der Waals surface area contributed by atoms with Gasteiger partial charge >= 0.3 is 0 Å². The molecule has 0 aromatic heterocycles. The monoisotopic (exact) mass is 170 g/mol. The molecule has 0 bridgehead atoms. The fraction of sp³-hybridized carbons (Fsp3) is 1.00. The molecule has 0 spiro atoms. The number of nitrogens with zero attached hydrogens (tertiary/aromatic N) is 4. The molecule has 1 saturated heterocycles. The van der Waals surface area contributed by atoms with Gasteiger partial charge in [-0.15, -0.1) is 0 Å². The minimum atomic E-state index is 0.371. The summed E-state index contributed by atoms with van der Waals surface area (Å²) in [4.78, 5) is 4.96. The van der Waals surface area contributed by atoms with Crippen LogP contribution in [0.25, 0.3) is 10.4 Å². The van der Waals surface area contributed by atoms with Crippen molar-refractivity contribution in [3.63, 3.8) is 0 Å². The standard InChI is InChI=1S/C7H14N4O/c1-12-7-2-4-11(6-7)5-3-9-10-8/h7H,2-6H2,1H3. The van der Waals surface area contributed by atoms with E-state index in [0.717, 1.165) is 26.1 Å². The van der Waals surface area contributed by atoms with E-state index in [9.17, 15) is 0 Å². The highest BCUT2D eigenvalue weighted by molar-refractivity contribution is 4.75. The summed E-state index contributed by atoms with van der Waals surface area (Å²) >= 11 is 0. The lowest BCUT2D eigenvalue weighted by Crippen LogP contribution is -2.25. The third-order valence-electron chi connectivity index (χ3n) is 2.14. The van der Waals surface area contributed by atoms with Gasteiger partial charge in [0, 0.05) is 38.2 Å². The topological polar surface area (TPSA) is 61.2 Å². The molecular formula is C7H14N4O. The normalized spacial score (nSPS) is 23.9. The molecule has 1 rings (SSSR count). The van der Waals surface area contributed by atoms with Crippen molar-refractivity contribution in [2.45, 2.75) is 12.5 Å². The van der Waals surface area contributed by atoms with Crippen LogP contribution in [0.1, 0.15) is 6.42 Å². The van der Waals surface area contributed by atoms with Gasteiger partial charge in [0.05, 0.1) is 6.10 Å². The molecule has 0 aromatic rings. The second-order valence-electron chi connectivity index (χ2n) is 2.90. The molecule has 5 nitrogen and oxygen atoms in total. The molecule has 1 unspecified atom stereocenters. The number of ether oxygens (including phenoxy) is 1. The van der Waals surface area contributed by atoms with Gasteiger partial charge in [-0.3, -0.25) is 0 Å². The van der Waals surface area contributed by atoms with Crippen LogP contribution < -0.4 is 0 Å². The number of hydrogen-bond acceptors (Lipinski definition) is 3. The van der Waals surface area contributed by atoms with Gasteiger partial charge in [-0.25, -0.2) is 0 Å². The Labute approximate surface area is 71.9 Å². The van der Waals surface area contributed by atoms with Gasteiger partial charge in [0.1, 0.15) is 0 Å². The number of hydrogen-bond donors (Lipinski definition) is 0. The van der Waals surface area contributed by atoms with Crippen molar-refractivity contribution in [1.82, 2.24) is 4.90 Å². The molecule has 1 aliphatic heterocycles. The molecule has 1 heterocycles. The first-order valence-corrected chi connectivity index (χ1v) is 4.13. The first-order chi connectivity index (χ1) is 5.86. The Kier molecular flexibility index (Phi) is 3.87. The average molecular weight is 170 g/mol. The van der Waals surface area contributed by atoms with Crippen molar-refractivity contribution in [1.29, 1.82) is 0 Å². The molecule has 0 aliphatic carbocycles. The Morgan fingerprint density at radius 1 is 1.75 bits per heavy atom. The zero-order valence-electron chi connectivity index (χ0n) is 7.31. The molecule has 1 aliphatic rings. The van der Waals surface area contributed by atoms with E-state index in [-0.39, 0.29) is 0 Å².